The Morgan fingerprint density at radius 1 is 0.893 bits per heavy atom. The first-order chi connectivity index (χ1) is 13.5. The molecule has 0 atom stereocenters. The quantitative estimate of drug-likeness (QED) is 0.706. The van der Waals surface area contributed by atoms with Crippen molar-refractivity contribution >= 4 is 22.8 Å². The van der Waals surface area contributed by atoms with E-state index < -0.39 is 0 Å². The monoisotopic (exact) mass is 376 g/mol. The van der Waals surface area contributed by atoms with E-state index in [1.165, 1.54) is 0 Å². The first-order valence-corrected chi connectivity index (χ1v) is 9.65. The molecule has 0 radical (unpaired) electrons. The fourth-order valence-corrected chi connectivity index (χ4v) is 3.61. The van der Waals surface area contributed by atoms with Crippen molar-refractivity contribution in [2.45, 2.75) is 13.8 Å². The molecule has 0 N–H and O–H groups in total. The summed E-state index contributed by atoms with van der Waals surface area (Å²) in [5, 5.41) is 0. The van der Waals surface area contributed by atoms with Gasteiger partial charge in [-0.1, -0.05) is 26.0 Å². The number of aromatic nitrogens is 2. The van der Waals surface area contributed by atoms with E-state index in [0.29, 0.717) is 31.7 Å². The molecule has 1 aliphatic heterocycles. The van der Waals surface area contributed by atoms with E-state index in [9.17, 15) is 9.59 Å². The summed E-state index contributed by atoms with van der Waals surface area (Å²) in [6, 6.07) is 15.6. The van der Waals surface area contributed by atoms with E-state index in [4.69, 9.17) is 0 Å². The lowest BCUT2D eigenvalue weighted by atomic mass is 10.1. The van der Waals surface area contributed by atoms with E-state index in [1.807, 2.05) is 76.7 Å². The number of carbonyl (C=O) groups is 2. The van der Waals surface area contributed by atoms with Crippen LogP contribution in [-0.2, 0) is 4.79 Å². The first kappa shape index (κ1) is 18.2. The summed E-state index contributed by atoms with van der Waals surface area (Å²) in [4.78, 5) is 33.0. The van der Waals surface area contributed by atoms with E-state index in [-0.39, 0.29) is 17.7 Å². The summed E-state index contributed by atoms with van der Waals surface area (Å²) in [6.45, 7) is 6.16. The molecule has 144 valence electrons. The zero-order chi connectivity index (χ0) is 19.7. The van der Waals surface area contributed by atoms with Crippen LogP contribution >= 0.6 is 0 Å². The second-order valence-electron chi connectivity index (χ2n) is 7.42. The van der Waals surface area contributed by atoms with Crippen LogP contribution in [0, 0.1) is 5.92 Å². The Hall–Kier alpha value is -3.15. The number of hydrogen-bond acceptors (Lipinski definition) is 3. The Balaban J connectivity index is 1.46. The number of rotatable bonds is 3. The maximum absolute atomic E-state index is 12.8. The van der Waals surface area contributed by atoms with Gasteiger partial charge in [0.1, 0.15) is 6.33 Å². The smallest absolute Gasteiger partial charge is 0.253 e. The third-order valence-electron chi connectivity index (χ3n) is 5.22. The molecule has 1 saturated heterocycles. The van der Waals surface area contributed by atoms with Crippen molar-refractivity contribution in [2.75, 3.05) is 26.2 Å². The van der Waals surface area contributed by atoms with Crippen LogP contribution in [0.25, 0.3) is 16.7 Å². The van der Waals surface area contributed by atoms with Gasteiger partial charge in [0.2, 0.25) is 5.91 Å². The van der Waals surface area contributed by atoms with Crippen LogP contribution in [0.1, 0.15) is 24.2 Å². The van der Waals surface area contributed by atoms with Gasteiger partial charge in [-0.3, -0.25) is 14.2 Å². The Labute approximate surface area is 164 Å². The molecule has 3 aromatic rings. The zero-order valence-electron chi connectivity index (χ0n) is 16.2. The second kappa shape index (κ2) is 7.46. The second-order valence-corrected chi connectivity index (χ2v) is 7.42. The number of carbonyl (C=O) groups excluding carboxylic acids is 2. The molecule has 2 heterocycles. The summed E-state index contributed by atoms with van der Waals surface area (Å²) in [7, 11) is 0. The predicted molar refractivity (Wildman–Crippen MR) is 108 cm³/mol. The molecule has 2 amide bonds. The number of piperazine rings is 1. The van der Waals surface area contributed by atoms with Crippen molar-refractivity contribution in [3.05, 3.63) is 60.4 Å². The Kier molecular flexibility index (Phi) is 4.86. The van der Waals surface area contributed by atoms with Crippen LogP contribution in [0.5, 0.6) is 0 Å². The van der Waals surface area contributed by atoms with Gasteiger partial charge in [0, 0.05) is 43.3 Å². The van der Waals surface area contributed by atoms with Gasteiger partial charge in [-0.05, 0) is 36.4 Å². The first-order valence-electron chi connectivity index (χ1n) is 9.65. The summed E-state index contributed by atoms with van der Waals surface area (Å²) in [5.41, 5.74) is 3.61. The average Bonchev–Trinajstić information content (AvgIpc) is 3.17. The molecule has 1 fully saturated rings. The minimum Gasteiger partial charge on any atom is -0.339 e. The molecule has 0 bridgehead atoms. The predicted octanol–water partition coefficient (Wildman–Crippen LogP) is 2.97. The molecule has 6 nitrogen and oxygen atoms in total. The van der Waals surface area contributed by atoms with Crippen LogP contribution in [0.2, 0.25) is 0 Å². The highest BCUT2D eigenvalue weighted by Gasteiger charge is 2.25. The molecule has 28 heavy (non-hydrogen) atoms. The number of nitrogens with zero attached hydrogens (tertiary/aromatic N) is 4. The molecule has 0 aliphatic carbocycles. The molecule has 0 saturated carbocycles. The summed E-state index contributed by atoms with van der Waals surface area (Å²) < 4.78 is 2.01. The topological polar surface area (TPSA) is 58.4 Å². The summed E-state index contributed by atoms with van der Waals surface area (Å²) in [6.07, 6.45) is 1.80. The van der Waals surface area contributed by atoms with E-state index in [1.54, 1.807) is 6.33 Å². The van der Waals surface area contributed by atoms with Crippen molar-refractivity contribution in [1.82, 2.24) is 19.4 Å². The van der Waals surface area contributed by atoms with E-state index in [0.717, 1.165) is 16.7 Å². The molecular weight excluding hydrogens is 352 g/mol. The largest absolute Gasteiger partial charge is 0.339 e. The Morgan fingerprint density at radius 3 is 2.21 bits per heavy atom. The fourth-order valence-electron chi connectivity index (χ4n) is 3.61. The maximum atomic E-state index is 12.8. The molecule has 2 aromatic carbocycles. The van der Waals surface area contributed by atoms with Crippen molar-refractivity contribution in [1.29, 1.82) is 0 Å². The Bertz CT molecular complexity index is 999. The van der Waals surface area contributed by atoms with Crippen LogP contribution in [-0.4, -0.2) is 57.3 Å². The number of benzene rings is 2. The van der Waals surface area contributed by atoms with Crippen molar-refractivity contribution < 1.29 is 9.59 Å². The van der Waals surface area contributed by atoms with Gasteiger partial charge in [-0.2, -0.15) is 0 Å². The molecular formula is C22H24N4O2. The van der Waals surface area contributed by atoms with Crippen LogP contribution in [0.15, 0.2) is 54.9 Å². The van der Waals surface area contributed by atoms with Crippen molar-refractivity contribution in [2.24, 2.45) is 5.92 Å². The lowest BCUT2D eigenvalue weighted by Gasteiger charge is -2.35. The maximum Gasteiger partial charge on any atom is 0.253 e. The van der Waals surface area contributed by atoms with Gasteiger partial charge in [-0.25, -0.2) is 4.98 Å². The number of para-hydroxylation sites is 2. The molecule has 0 spiro atoms. The zero-order valence-corrected chi connectivity index (χ0v) is 16.2. The van der Waals surface area contributed by atoms with Crippen molar-refractivity contribution in [3.63, 3.8) is 0 Å². The number of fused-ring (bicyclic) bond motifs is 1. The SMILES string of the molecule is CC(C)C(=O)N1CCN(C(=O)c2ccc(-n3cnc4ccccc43)cc2)CC1. The number of imidazole rings is 1. The summed E-state index contributed by atoms with van der Waals surface area (Å²) >= 11 is 0. The number of amides is 2. The van der Waals surface area contributed by atoms with Crippen molar-refractivity contribution in [3.8, 4) is 5.69 Å². The number of hydrogen-bond donors (Lipinski definition) is 0. The van der Waals surface area contributed by atoms with E-state index in [2.05, 4.69) is 4.98 Å². The summed E-state index contributed by atoms with van der Waals surface area (Å²) in [5.74, 6) is 0.164. The van der Waals surface area contributed by atoms with Crippen LogP contribution in [0.4, 0.5) is 0 Å². The molecule has 1 aromatic heterocycles. The molecule has 1 aliphatic rings. The minimum absolute atomic E-state index is 0.00551. The van der Waals surface area contributed by atoms with Crippen LogP contribution in [0.3, 0.4) is 0 Å². The highest BCUT2D eigenvalue weighted by Crippen LogP contribution is 2.19. The van der Waals surface area contributed by atoms with Gasteiger partial charge in [-0.15, -0.1) is 0 Å². The molecule has 6 heteroatoms. The molecule has 0 unspecified atom stereocenters. The Morgan fingerprint density at radius 2 is 1.54 bits per heavy atom. The van der Waals surface area contributed by atoms with Gasteiger partial charge < -0.3 is 9.80 Å². The average molecular weight is 376 g/mol. The standard InChI is InChI=1S/C22H24N4O2/c1-16(2)21(27)24-11-13-25(14-12-24)22(28)17-7-9-18(10-8-17)26-15-23-19-5-3-4-6-20(19)26/h3-10,15-16H,11-14H2,1-2H3. The van der Waals surface area contributed by atoms with Gasteiger partial charge in [0.25, 0.3) is 5.91 Å². The normalized spacial score (nSPS) is 14.7. The highest BCUT2D eigenvalue weighted by molar-refractivity contribution is 5.94. The van der Waals surface area contributed by atoms with Gasteiger partial charge >= 0.3 is 0 Å². The van der Waals surface area contributed by atoms with E-state index >= 15 is 0 Å². The minimum atomic E-state index is -0.00551. The fraction of sp³-hybridized carbons (Fsp3) is 0.318. The van der Waals surface area contributed by atoms with Crippen LogP contribution < -0.4 is 0 Å². The lowest BCUT2D eigenvalue weighted by Crippen LogP contribution is -2.51. The third kappa shape index (κ3) is 3.38. The lowest BCUT2D eigenvalue weighted by molar-refractivity contribution is -0.135. The third-order valence-corrected chi connectivity index (χ3v) is 5.22. The van der Waals surface area contributed by atoms with Gasteiger partial charge in [0.15, 0.2) is 0 Å². The molecule has 4 rings (SSSR count). The van der Waals surface area contributed by atoms with Gasteiger partial charge in [0.05, 0.1) is 11.0 Å². The highest BCUT2D eigenvalue weighted by atomic mass is 16.2.